The molecule has 1 aliphatic carbocycles. The number of aliphatic hydroxyl groups excluding tert-OH is 1. The highest BCUT2D eigenvalue weighted by Gasteiger charge is 2.45. The van der Waals surface area contributed by atoms with Gasteiger partial charge in [0.05, 0.1) is 4.90 Å². The second kappa shape index (κ2) is 12.8. The Morgan fingerprint density at radius 1 is 1.16 bits per heavy atom. The fourth-order valence-corrected chi connectivity index (χ4v) is 4.86. The summed E-state index contributed by atoms with van der Waals surface area (Å²) in [6.07, 6.45) is 1.72. The van der Waals surface area contributed by atoms with E-state index in [1.807, 2.05) is 0 Å². The van der Waals surface area contributed by atoms with Gasteiger partial charge in [-0.2, -0.15) is 0 Å². The van der Waals surface area contributed by atoms with Crippen molar-refractivity contribution in [3.05, 3.63) is 29.8 Å². The number of rotatable bonds is 13. The number of aliphatic hydroxyl groups is 1. The fraction of sp³-hybridized carbons (Fsp3) is 0.565. The first-order valence-corrected chi connectivity index (χ1v) is 13.8. The van der Waals surface area contributed by atoms with Gasteiger partial charge < -0.3 is 37.6 Å². The van der Waals surface area contributed by atoms with E-state index in [1.54, 1.807) is 12.1 Å². The Hall–Kier alpha value is -3.23. The molecule has 1 fully saturated rings. The van der Waals surface area contributed by atoms with Gasteiger partial charge in [0.25, 0.3) is 5.91 Å². The topological polar surface area (TPSA) is 238 Å². The van der Waals surface area contributed by atoms with Crippen LogP contribution in [0.2, 0.25) is 0 Å². The molecule has 2 rings (SSSR count). The van der Waals surface area contributed by atoms with Crippen LogP contribution in [0.3, 0.4) is 0 Å². The van der Waals surface area contributed by atoms with E-state index in [4.69, 9.17) is 16.9 Å². The predicted octanol–water partition coefficient (Wildman–Crippen LogP) is -1.42. The molecule has 0 aliphatic heterocycles. The summed E-state index contributed by atoms with van der Waals surface area (Å²) in [5.41, 5.74) is 10.5. The number of guanidine groups is 1. The number of hydrogen-bond acceptors (Lipinski definition) is 8. The molecule has 0 spiro atoms. The van der Waals surface area contributed by atoms with Gasteiger partial charge in [0.2, 0.25) is 5.91 Å². The molecule has 14 heteroatoms. The van der Waals surface area contributed by atoms with E-state index >= 15 is 0 Å². The Labute approximate surface area is 215 Å². The van der Waals surface area contributed by atoms with Crippen molar-refractivity contribution in [2.45, 2.75) is 73.6 Å². The zero-order valence-electron chi connectivity index (χ0n) is 20.7. The van der Waals surface area contributed by atoms with E-state index < -0.39 is 51.3 Å². The number of hydrogen-bond donors (Lipinski definition) is 8. The summed E-state index contributed by atoms with van der Waals surface area (Å²) in [7, 11) is -3.37. The van der Waals surface area contributed by atoms with Crippen LogP contribution < -0.4 is 27.4 Å². The Morgan fingerprint density at radius 2 is 1.76 bits per heavy atom. The standard InChI is InChI=1S/C23H36N6O7S/c1-37(35,36)15-8-6-14(7-9-15)13-16(24)18(30)19(31)29-23(10-2-3-11-23)21(34)28-17(20(32)33)5-4-12-27-22(25)26/h6-9,16-18,30H,2-5,10-13,24H2,1H3,(H,28,34)(H,29,31)(H,32,33)(H4,25,26,27)/t16-,17+,18+/m1/s1. The zero-order valence-corrected chi connectivity index (χ0v) is 21.5. The second-order valence-corrected chi connectivity index (χ2v) is 11.4. The SMILES string of the molecule is CS(=O)(=O)c1ccc(C[C@@H](N)[C@H](O)C(=O)NC2(C(=O)N[C@@H](CCCNC(=N)N)C(=O)O)CCCC2)cc1. The van der Waals surface area contributed by atoms with Gasteiger partial charge in [-0.1, -0.05) is 25.0 Å². The molecular formula is C23H36N6O7S. The average molecular weight is 541 g/mol. The van der Waals surface area contributed by atoms with Crippen LogP contribution in [0.25, 0.3) is 0 Å². The molecule has 0 bridgehead atoms. The van der Waals surface area contributed by atoms with E-state index in [0.29, 0.717) is 24.8 Å². The lowest BCUT2D eigenvalue weighted by Gasteiger charge is -2.32. The summed E-state index contributed by atoms with van der Waals surface area (Å²) in [6.45, 7) is 0.262. The Morgan fingerprint density at radius 3 is 2.27 bits per heavy atom. The van der Waals surface area contributed by atoms with E-state index in [-0.39, 0.29) is 43.1 Å². The van der Waals surface area contributed by atoms with Crippen molar-refractivity contribution in [2.24, 2.45) is 11.5 Å². The summed E-state index contributed by atoms with van der Waals surface area (Å²) in [4.78, 5) is 37.8. The minimum atomic E-state index is -3.37. The van der Waals surface area contributed by atoms with Crippen molar-refractivity contribution in [2.75, 3.05) is 12.8 Å². The molecule has 2 amide bonds. The van der Waals surface area contributed by atoms with Crippen molar-refractivity contribution in [3.63, 3.8) is 0 Å². The minimum absolute atomic E-state index is 0.0766. The Balaban J connectivity index is 2.02. The molecule has 206 valence electrons. The fourth-order valence-electron chi connectivity index (χ4n) is 4.23. The number of carbonyl (C=O) groups excluding carboxylic acids is 2. The van der Waals surface area contributed by atoms with E-state index in [0.717, 1.165) is 6.26 Å². The first-order chi connectivity index (χ1) is 17.2. The molecule has 3 atom stereocenters. The van der Waals surface area contributed by atoms with Gasteiger partial charge in [-0.15, -0.1) is 0 Å². The second-order valence-electron chi connectivity index (χ2n) is 9.35. The van der Waals surface area contributed by atoms with Gasteiger partial charge in [0.15, 0.2) is 15.8 Å². The maximum absolute atomic E-state index is 13.1. The normalized spacial score (nSPS) is 17.3. The van der Waals surface area contributed by atoms with Crippen LogP contribution in [-0.2, 0) is 30.6 Å². The van der Waals surface area contributed by atoms with Crippen LogP contribution in [0.1, 0.15) is 44.1 Å². The van der Waals surface area contributed by atoms with E-state index in [1.165, 1.54) is 12.1 Å². The first-order valence-electron chi connectivity index (χ1n) is 11.9. The van der Waals surface area contributed by atoms with Crippen molar-refractivity contribution in [1.82, 2.24) is 16.0 Å². The summed E-state index contributed by atoms with van der Waals surface area (Å²) in [5.74, 6) is -2.98. The number of amides is 2. The summed E-state index contributed by atoms with van der Waals surface area (Å²) >= 11 is 0. The maximum atomic E-state index is 13.1. The van der Waals surface area contributed by atoms with Crippen LogP contribution in [0.4, 0.5) is 0 Å². The highest BCUT2D eigenvalue weighted by atomic mass is 32.2. The lowest BCUT2D eigenvalue weighted by Crippen LogP contribution is -2.62. The van der Waals surface area contributed by atoms with Crippen LogP contribution >= 0.6 is 0 Å². The summed E-state index contributed by atoms with van der Waals surface area (Å²) in [5, 5.41) is 34.9. The van der Waals surface area contributed by atoms with Gasteiger partial charge in [-0.25, -0.2) is 13.2 Å². The van der Waals surface area contributed by atoms with Crippen molar-refractivity contribution in [3.8, 4) is 0 Å². The van der Waals surface area contributed by atoms with E-state index in [9.17, 15) is 33.0 Å². The van der Waals surface area contributed by atoms with Gasteiger partial charge in [0, 0.05) is 18.8 Å². The van der Waals surface area contributed by atoms with Crippen molar-refractivity contribution in [1.29, 1.82) is 5.41 Å². The van der Waals surface area contributed by atoms with Gasteiger partial charge in [-0.3, -0.25) is 15.0 Å². The van der Waals surface area contributed by atoms with Gasteiger partial charge in [-0.05, 0) is 49.8 Å². The number of carboxylic acid groups (broad SMARTS) is 1. The van der Waals surface area contributed by atoms with Gasteiger partial charge in [0.1, 0.15) is 17.7 Å². The van der Waals surface area contributed by atoms with Crippen LogP contribution in [0, 0.1) is 5.41 Å². The molecular weight excluding hydrogens is 504 g/mol. The number of sulfone groups is 1. The molecule has 1 aromatic carbocycles. The number of nitrogens with one attached hydrogen (secondary N) is 4. The first kappa shape index (κ1) is 30.0. The molecule has 1 aromatic rings. The lowest BCUT2D eigenvalue weighted by molar-refractivity contribution is -0.144. The number of aliphatic carboxylic acids is 1. The number of carboxylic acids is 1. The predicted molar refractivity (Wildman–Crippen MR) is 135 cm³/mol. The molecule has 0 unspecified atom stereocenters. The highest BCUT2D eigenvalue weighted by Crippen LogP contribution is 2.30. The third-order valence-corrected chi connectivity index (χ3v) is 7.47. The third-order valence-electron chi connectivity index (χ3n) is 6.34. The maximum Gasteiger partial charge on any atom is 0.326 e. The molecule has 13 nitrogen and oxygen atoms in total. The molecule has 0 heterocycles. The molecule has 10 N–H and O–H groups in total. The molecule has 0 radical (unpaired) electrons. The highest BCUT2D eigenvalue weighted by molar-refractivity contribution is 7.90. The lowest BCUT2D eigenvalue weighted by atomic mass is 9.93. The number of nitrogens with two attached hydrogens (primary N) is 2. The Kier molecular flexibility index (Phi) is 10.4. The molecule has 1 aliphatic rings. The monoisotopic (exact) mass is 540 g/mol. The smallest absolute Gasteiger partial charge is 0.326 e. The molecule has 37 heavy (non-hydrogen) atoms. The molecule has 1 saturated carbocycles. The average Bonchev–Trinajstić information content (AvgIpc) is 3.29. The quantitative estimate of drug-likeness (QED) is 0.0825. The van der Waals surface area contributed by atoms with Crippen molar-refractivity contribution >= 4 is 33.6 Å². The minimum Gasteiger partial charge on any atom is -0.480 e. The summed E-state index contributed by atoms with van der Waals surface area (Å²) < 4.78 is 23.2. The van der Waals surface area contributed by atoms with Gasteiger partial charge >= 0.3 is 5.97 Å². The zero-order chi connectivity index (χ0) is 27.8. The number of benzene rings is 1. The summed E-state index contributed by atoms with van der Waals surface area (Å²) in [6, 6.07) is 3.67. The van der Waals surface area contributed by atoms with Crippen molar-refractivity contribution < 1.29 is 33.0 Å². The molecule has 0 aromatic heterocycles. The number of carbonyl (C=O) groups is 3. The largest absolute Gasteiger partial charge is 0.480 e. The Bertz CT molecular complexity index is 1090. The van der Waals surface area contributed by atoms with Crippen LogP contribution in [-0.4, -0.2) is 78.9 Å². The third kappa shape index (κ3) is 8.68. The van der Waals surface area contributed by atoms with Crippen LogP contribution in [0.5, 0.6) is 0 Å². The van der Waals surface area contributed by atoms with E-state index in [2.05, 4.69) is 16.0 Å². The van der Waals surface area contributed by atoms with Crippen LogP contribution in [0.15, 0.2) is 29.2 Å². The molecule has 0 saturated heterocycles.